The second-order valence-corrected chi connectivity index (χ2v) is 10.1. The van der Waals surface area contributed by atoms with E-state index in [0.717, 1.165) is 0 Å². The molecule has 1 saturated heterocycles. The Labute approximate surface area is 172 Å². The number of amides is 2. The molecule has 1 aromatic rings. The first kappa shape index (κ1) is 21.6. The van der Waals surface area contributed by atoms with Gasteiger partial charge in [0.15, 0.2) is 0 Å². The molecule has 160 valence electrons. The summed E-state index contributed by atoms with van der Waals surface area (Å²) in [7, 11) is -2.41. The topological polar surface area (TPSA) is 96.0 Å². The average molecular weight is 424 g/mol. The van der Waals surface area contributed by atoms with Gasteiger partial charge in [-0.15, -0.1) is 0 Å². The fourth-order valence-corrected chi connectivity index (χ4v) is 5.55. The summed E-state index contributed by atoms with van der Waals surface area (Å²) in [6, 6.07) is 6.52. The van der Waals surface area contributed by atoms with Crippen LogP contribution in [0.4, 0.5) is 0 Å². The van der Waals surface area contributed by atoms with Crippen LogP contribution in [0.25, 0.3) is 0 Å². The van der Waals surface area contributed by atoms with Gasteiger partial charge in [-0.1, -0.05) is 26.0 Å². The molecule has 3 rings (SSSR count). The van der Waals surface area contributed by atoms with Crippen LogP contribution in [0.15, 0.2) is 29.2 Å². The van der Waals surface area contributed by atoms with E-state index in [1.807, 2.05) is 18.7 Å². The largest absolute Gasteiger partial charge is 0.492 e. The van der Waals surface area contributed by atoms with Gasteiger partial charge in [0.1, 0.15) is 10.6 Å². The lowest BCUT2D eigenvalue weighted by molar-refractivity contribution is -0.137. The second-order valence-electron chi connectivity index (χ2n) is 8.16. The van der Waals surface area contributed by atoms with Crippen LogP contribution >= 0.6 is 0 Å². The number of carbonyl (C=O) groups excluding carboxylic acids is 2. The third kappa shape index (κ3) is 4.40. The molecule has 1 fully saturated rings. The highest BCUT2D eigenvalue weighted by Crippen LogP contribution is 2.39. The number of ether oxygens (including phenoxy) is 1. The molecule has 8 nitrogen and oxygen atoms in total. The first-order valence-electron chi connectivity index (χ1n) is 9.90. The predicted octanol–water partition coefficient (Wildman–Crippen LogP) is 1.08. The average Bonchev–Trinajstić information content (AvgIpc) is 2.71. The molecule has 0 radical (unpaired) electrons. The molecule has 0 unspecified atom stereocenters. The Hall–Kier alpha value is -2.13. The Morgan fingerprint density at radius 1 is 1.21 bits per heavy atom. The molecule has 1 spiro atoms. The molecule has 9 heteroatoms. The smallest absolute Gasteiger partial charge is 0.247 e. The normalized spacial score (nSPS) is 21.0. The van der Waals surface area contributed by atoms with Crippen LogP contribution in [-0.4, -0.2) is 69.3 Å². The maximum atomic E-state index is 13.3. The molecular weight excluding hydrogens is 394 g/mol. The van der Waals surface area contributed by atoms with Crippen LogP contribution in [0.2, 0.25) is 0 Å². The van der Waals surface area contributed by atoms with Gasteiger partial charge >= 0.3 is 0 Å². The van der Waals surface area contributed by atoms with Crippen LogP contribution in [0.1, 0.15) is 26.7 Å². The Kier molecular flexibility index (Phi) is 6.19. The SMILES string of the molecule is CNC(=O)CN1CC2(CCN(C(=O)C(C)C)CC2)COc2ccccc2S1(=O)=O. The lowest BCUT2D eigenvalue weighted by Gasteiger charge is -2.45. The summed E-state index contributed by atoms with van der Waals surface area (Å²) in [5.74, 6) is -0.0364. The third-order valence-electron chi connectivity index (χ3n) is 5.74. The summed E-state index contributed by atoms with van der Waals surface area (Å²) in [5.41, 5.74) is -0.456. The van der Waals surface area contributed by atoms with Gasteiger partial charge in [0.25, 0.3) is 0 Å². The van der Waals surface area contributed by atoms with E-state index in [2.05, 4.69) is 5.32 Å². The van der Waals surface area contributed by atoms with Crippen LogP contribution in [0.3, 0.4) is 0 Å². The lowest BCUT2D eigenvalue weighted by Crippen LogP contribution is -2.54. The van der Waals surface area contributed by atoms with Gasteiger partial charge in [0, 0.05) is 38.0 Å². The predicted molar refractivity (Wildman–Crippen MR) is 108 cm³/mol. The second kappa shape index (κ2) is 8.31. The van der Waals surface area contributed by atoms with Gasteiger partial charge in [0.2, 0.25) is 21.8 Å². The number of piperidine rings is 1. The van der Waals surface area contributed by atoms with E-state index in [4.69, 9.17) is 4.74 Å². The summed E-state index contributed by atoms with van der Waals surface area (Å²) < 4.78 is 33.9. The number of likely N-dealkylation sites (N-methyl/N-ethyl adjacent to an activating group) is 1. The van der Waals surface area contributed by atoms with Gasteiger partial charge in [-0.25, -0.2) is 8.42 Å². The van der Waals surface area contributed by atoms with Gasteiger partial charge in [-0.3, -0.25) is 9.59 Å². The van der Waals surface area contributed by atoms with E-state index in [1.165, 1.54) is 17.4 Å². The van der Waals surface area contributed by atoms with Crippen LogP contribution < -0.4 is 10.1 Å². The minimum atomic E-state index is -3.90. The van der Waals surface area contributed by atoms with E-state index >= 15 is 0 Å². The molecule has 2 heterocycles. The van der Waals surface area contributed by atoms with E-state index in [1.54, 1.807) is 18.2 Å². The Balaban J connectivity index is 1.92. The molecule has 2 aliphatic heterocycles. The van der Waals surface area contributed by atoms with E-state index in [9.17, 15) is 18.0 Å². The van der Waals surface area contributed by atoms with E-state index in [-0.39, 0.29) is 35.7 Å². The van der Waals surface area contributed by atoms with Crippen molar-refractivity contribution in [3.8, 4) is 5.75 Å². The maximum absolute atomic E-state index is 13.3. The summed E-state index contributed by atoms with van der Waals surface area (Å²) in [5, 5.41) is 2.51. The molecule has 2 amide bonds. The van der Waals surface area contributed by atoms with Gasteiger partial charge in [-0.2, -0.15) is 4.31 Å². The van der Waals surface area contributed by atoms with Crippen molar-refractivity contribution in [2.75, 3.05) is 39.8 Å². The highest BCUT2D eigenvalue weighted by molar-refractivity contribution is 7.89. The Morgan fingerprint density at radius 3 is 2.48 bits per heavy atom. The highest BCUT2D eigenvalue weighted by Gasteiger charge is 2.44. The standard InChI is InChI=1S/C20H29N3O5S/c1-15(2)19(25)22-10-8-20(9-11-22)13-23(12-18(24)21-3)29(26,27)17-7-5-4-6-16(17)28-14-20/h4-7,15H,8-14H2,1-3H3,(H,21,24). The monoisotopic (exact) mass is 423 g/mol. The van der Waals surface area contributed by atoms with Crippen molar-refractivity contribution in [2.45, 2.75) is 31.6 Å². The molecule has 0 saturated carbocycles. The molecule has 0 atom stereocenters. The Morgan fingerprint density at radius 2 is 1.86 bits per heavy atom. The number of fused-ring (bicyclic) bond motifs is 1. The molecule has 1 aromatic carbocycles. The Bertz CT molecular complexity index is 876. The van der Waals surface area contributed by atoms with Crippen molar-refractivity contribution >= 4 is 21.8 Å². The van der Waals surface area contributed by atoms with Crippen LogP contribution in [0, 0.1) is 11.3 Å². The molecular formula is C20H29N3O5S. The zero-order valence-corrected chi connectivity index (χ0v) is 18.0. The quantitative estimate of drug-likeness (QED) is 0.785. The van der Waals surface area contributed by atoms with Gasteiger partial charge in [-0.05, 0) is 25.0 Å². The summed E-state index contributed by atoms with van der Waals surface area (Å²) in [6.45, 7) is 5.13. The number of carbonyl (C=O) groups is 2. The number of hydrogen-bond donors (Lipinski definition) is 1. The number of para-hydroxylation sites is 1. The molecule has 0 aliphatic carbocycles. The fraction of sp³-hybridized carbons (Fsp3) is 0.600. The summed E-state index contributed by atoms with van der Waals surface area (Å²) >= 11 is 0. The number of likely N-dealkylation sites (tertiary alicyclic amines) is 1. The van der Waals surface area contributed by atoms with E-state index in [0.29, 0.717) is 38.3 Å². The fourth-order valence-electron chi connectivity index (χ4n) is 3.91. The zero-order valence-electron chi connectivity index (χ0n) is 17.2. The van der Waals surface area contributed by atoms with Gasteiger partial charge in [0.05, 0.1) is 13.2 Å². The maximum Gasteiger partial charge on any atom is 0.247 e. The van der Waals surface area contributed by atoms with Crippen molar-refractivity contribution in [1.82, 2.24) is 14.5 Å². The van der Waals surface area contributed by atoms with Gasteiger partial charge < -0.3 is 15.0 Å². The van der Waals surface area contributed by atoms with Crippen molar-refractivity contribution < 1.29 is 22.7 Å². The molecule has 0 aromatic heterocycles. The number of hydrogen-bond acceptors (Lipinski definition) is 5. The number of rotatable bonds is 3. The summed E-state index contributed by atoms with van der Waals surface area (Å²) in [6.07, 6.45) is 1.24. The highest BCUT2D eigenvalue weighted by atomic mass is 32.2. The van der Waals surface area contributed by atoms with Crippen molar-refractivity contribution in [2.24, 2.45) is 11.3 Å². The molecule has 29 heavy (non-hydrogen) atoms. The number of sulfonamides is 1. The zero-order chi connectivity index (χ0) is 21.2. The minimum absolute atomic E-state index is 0.0744. The van der Waals surface area contributed by atoms with Crippen LogP contribution in [0.5, 0.6) is 5.75 Å². The lowest BCUT2D eigenvalue weighted by atomic mass is 9.78. The van der Waals surface area contributed by atoms with Crippen LogP contribution in [-0.2, 0) is 19.6 Å². The first-order chi connectivity index (χ1) is 13.7. The summed E-state index contributed by atoms with van der Waals surface area (Å²) in [4.78, 5) is 26.3. The van der Waals surface area contributed by atoms with Crippen molar-refractivity contribution in [3.63, 3.8) is 0 Å². The number of benzene rings is 1. The van der Waals surface area contributed by atoms with Crippen molar-refractivity contribution in [1.29, 1.82) is 0 Å². The molecule has 2 aliphatic rings. The number of nitrogens with one attached hydrogen (secondary N) is 1. The third-order valence-corrected chi connectivity index (χ3v) is 7.57. The number of nitrogens with zero attached hydrogens (tertiary/aromatic N) is 2. The molecule has 1 N–H and O–H groups in total. The first-order valence-corrected chi connectivity index (χ1v) is 11.3. The van der Waals surface area contributed by atoms with Crippen molar-refractivity contribution in [3.05, 3.63) is 24.3 Å². The minimum Gasteiger partial charge on any atom is -0.492 e. The molecule has 0 bridgehead atoms. The van der Waals surface area contributed by atoms with E-state index < -0.39 is 15.4 Å².